The molecule has 0 atom stereocenters. The van der Waals surface area contributed by atoms with E-state index in [4.69, 9.17) is 9.47 Å². The Morgan fingerprint density at radius 3 is 2.67 bits per heavy atom. The van der Waals surface area contributed by atoms with Gasteiger partial charge in [0.15, 0.2) is 0 Å². The third-order valence-corrected chi connectivity index (χ3v) is 2.22. The van der Waals surface area contributed by atoms with Gasteiger partial charge in [-0.25, -0.2) is 0 Å². The lowest BCUT2D eigenvalue weighted by Crippen LogP contribution is -2.24. The van der Waals surface area contributed by atoms with Crippen molar-refractivity contribution in [2.24, 2.45) is 0 Å². The molecule has 0 radical (unpaired) electrons. The Morgan fingerprint density at radius 1 is 1.17 bits per heavy atom. The monoisotopic (exact) mass is 252 g/mol. The molecule has 18 heavy (non-hydrogen) atoms. The Balaban J connectivity index is 1.90. The molecule has 1 aromatic rings. The zero-order valence-electron chi connectivity index (χ0n) is 11.6. The van der Waals surface area contributed by atoms with E-state index in [1.807, 2.05) is 39.0 Å². The molecule has 1 N–H and O–H groups in total. The van der Waals surface area contributed by atoms with Crippen LogP contribution in [0.1, 0.15) is 26.5 Å². The van der Waals surface area contributed by atoms with Gasteiger partial charge in [0.1, 0.15) is 0 Å². The highest BCUT2D eigenvalue weighted by atomic mass is 16.5. The van der Waals surface area contributed by atoms with Gasteiger partial charge >= 0.3 is 0 Å². The van der Waals surface area contributed by atoms with E-state index in [0.29, 0.717) is 19.8 Å². The number of rotatable bonds is 8. The van der Waals surface area contributed by atoms with Gasteiger partial charge in [-0.3, -0.25) is 4.98 Å². The van der Waals surface area contributed by atoms with Gasteiger partial charge in [-0.05, 0) is 32.9 Å². The Kier molecular flexibility index (Phi) is 6.86. The summed E-state index contributed by atoms with van der Waals surface area (Å²) in [5.41, 5.74) is 0.967. The highest BCUT2D eigenvalue weighted by Gasteiger charge is 2.08. The topological polar surface area (TPSA) is 43.4 Å². The molecule has 0 bridgehead atoms. The number of hydrogen-bond donors (Lipinski definition) is 1. The summed E-state index contributed by atoms with van der Waals surface area (Å²) in [5.74, 6) is 0. The molecule has 0 aromatic carbocycles. The first-order valence-electron chi connectivity index (χ1n) is 6.40. The van der Waals surface area contributed by atoms with E-state index >= 15 is 0 Å². The minimum atomic E-state index is -0.0827. The molecule has 0 aliphatic carbocycles. The van der Waals surface area contributed by atoms with Crippen molar-refractivity contribution in [2.45, 2.75) is 32.9 Å². The van der Waals surface area contributed by atoms with Crippen LogP contribution in [0.4, 0.5) is 0 Å². The Labute approximate surface area is 110 Å². The van der Waals surface area contributed by atoms with Gasteiger partial charge in [0.25, 0.3) is 0 Å². The highest BCUT2D eigenvalue weighted by molar-refractivity contribution is 5.02. The minimum Gasteiger partial charge on any atom is -0.378 e. The van der Waals surface area contributed by atoms with E-state index in [2.05, 4.69) is 10.3 Å². The van der Waals surface area contributed by atoms with Crippen molar-refractivity contribution in [1.82, 2.24) is 10.3 Å². The molecule has 0 saturated carbocycles. The van der Waals surface area contributed by atoms with Crippen LogP contribution >= 0.6 is 0 Å². The highest BCUT2D eigenvalue weighted by Crippen LogP contribution is 2.05. The van der Waals surface area contributed by atoms with Gasteiger partial charge in [-0.2, -0.15) is 0 Å². The fraction of sp³-hybridized carbons (Fsp3) is 0.643. The van der Waals surface area contributed by atoms with Crippen molar-refractivity contribution < 1.29 is 9.47 Å². The predicted octanol–water partition coefficient (Wildman–Crippen LogP) is 2.00. The Hall–Kier alpha value is -0.970. The normalized spacial score (nSPS) is 11.7. The molecule has 0 amide bonds. The third-order valence-electron chi connectivity index (χ3n) is 2.22. The summed E-state index contributed by atoms with van der Waals surface area (Å²) < 4.78 is 11.0. The average molecular weight is 252 g/mol. The van der Waals surface area contributed by atoms with Crippen LogP contribution in [0.3, 0.4) is 0 Å². The SMILES string of the molecule is CC(C)(C)OCCOCCNCc1ccccn1. The zero-order chi connectivity index (χ0) is 13.3. The first-order chi connectivity index (χ1) is 8.58. The van der Waals surface area contributed by atoms with Crippen molar-refractivity contribution in [3.63, 3.8) is 0 Å². The van der Waals surface area contributed by atoms with E-state index in [1.165, 1.54) is 0 Å². The van der Waals surface area contributed by atoms with Crippen molar-refractivity contribution in [2.75, 3.05) is 26.4 Å². The molecule has 0 fully saturated rings. The Morgan fingerprint density at radius 2 is 2.00 bits per heavy atom. The maximum absolute atomic E-state index is 5.55. The van der Waals surface area contributed by atoms with Crippen LogP contribution in [0, 0.1) is 0 Å². The van der Waals surface area contributed by atoms with Crippen LogP contribution in [0.5, 0.6) is 0 Å². The lowest BCUT2D eigenvalue weighted by molar-refractivity contribution is -0.0343. The van der Waals surface area contributed by atoms with E-state index in [1.54, 1.807) is 6.20 Å². The van der Waals surface area contributed by atoms with E-state index < -0.39 is 0 Å². The summed E-state index contributed by atoms with van der Waals surface area (Å²) in [7, 11) is 0. The third kappa shape index (κ3) is 8.17. The van der Waals surface area contributed by atoms with E-state index in [-0.39, 0.29) is 5.60 Å². The fourth-order valence-corrected chi connectivity index (χ4v) is 1.37. The lowest BCUT2D eigenvalue weighted by atomic mass is 10.2. The van der Waals surface area contributed by atoms with Gasteiger partial charge < -0.3 is 14.8 Å². The van der Waals surface area contributed by atoms with E-state index in [9.17, 15) is 0 Å². The van der Waals surface area contributed by atoms with Crippen LogP contribution in [-0.2, 0) is 16.0 Å². The van der Waals surface area contributed by atoms with Crippen molar-refractivity contribution >= 4 is 0 Å². The predicted molar refractivity (Wildman–Crippen MR) is 72.5 cm³/mol. The molecule has 0 unspecified atom stereocenters. The molecule has 1 aromatic heterocycles. The molecule has 4 nitrogen and oxygen atoms in total. The van der Waals surface area contributed by atoms with Crippen LogP contribution in [-0.4, -0.2) is 37.0 Å². The second kappa shape index (κ2) is 8.19. The minimum absolute atomic E-state index is 0.0827. The summed E-state index contributed by atoms with van der Waals surface area (Å²) in [4.78, 5) is 4.23. The molecule has 1 rings (SSSR count). The quantitative estimate of drug-likeness (QED) is 0.719. The number of hydrogen-bond acceptors (Lipinski definition) is 4. The summed E-state index contributed by atoms with van der Waals surface area (Å²) in [6.45, 7) is 9.71. The van der Waals surface area contributed by atoms with Crippen LogP contribution in [0.15, 0.2) is 24.4 Å². The van der Waals surface area contributed by atoms with Gasteiger partial charge in [-0.15, -0.1) is 0 Å². The Bertz CT molecular complexity index is 309. The lowest BCUT2D eigenvalue weighted by Gasteiger charge is -2.19. The molecule has 1 heterocycles. The van der Waals surface area contributed by atoms with Gasteiger partial charge in [0.2, 0.25) is 0 Å². The average Bonchev–Trinajstić information content (AvgIpc) is 2.32. The van der Waals surface area contributed by atoms with Gasteiger partial charge in [0.05, 0.1) is 31.1 Å². The maximum atomic E-state index is 5.55. The molecule has 4 heteroatoms. The number of nitrogens with zero attached hydrogens (tertiary/aromatic N) is 1. The number of ether oxygens (including phenoxy) is 2. The first-order valence-corrected chi connectivity index (χ1v) is 6.40. The largest absolute Gasteiger partial charge is 0.378 e. The molecule has 102 valence electrons. The number of pyridine rings is 1. The summed E-state index contributed by atoms with van der Waals surface area (Å²) in [6.07, 6.45) is 1.80. The summed E-state index contributed by atoms with van der Waals surface area (Å²) >= 11 is 0. The fourth-order valence-electron chi connectivity index (χ4n) is 1.37. The van der Waals surface area contributed by atoms with Crippen molar-refractivity contribution in [3.05, 3.63) is 30.1 Å². The molecule has 0 aliphatic heterocycles. The van der Waals surface area contributed by atoms with Crippen molar-refractivity contribution in [1.29, 1.82) is 0 Å². The second-order valence-electron chi connectivity index (χ2n) is 5.07. The zero-order valence-corrected chi connectivity index (χ0v) is 11.6. The number of aromatic nitrogens is 1. The van der Waals surface area contributed by atoms with Crippen LogP contribution in [0.2, 0.25) is 0 Å². The second-order valence-corrected chi connectivity index (χ2v) is 5.07. The first kappa shape index (κ1) is 15.1. The number of nitrogens with one attached hydrogen (secondary N) is 1. The standard InChI is InChI=1S/C14H24N2O2/c1-14(2,3)18-11-10-17-9-8-15-12-13-6-4-5-7-16-13/h4-7,15H,8-12H2,1-3H3. The van der Waals surface area contributed by atoms with Gasteiger partial charge in [-0.1, -0.05) is 6.07 Å². The van der Waals surface area contributed by atoms with Crippen LogP contribution in [0.25, 0.3) is 0 Å². The molecular weight excluding hydrogens is 228 g/mol. The van der Waals surface area contributed by atoms with Crippen LogP contribution < -0.4 is 5.32 Å². The van der Waals surface area contributed by atoms with Gasteiger partial charge in [0, 0.05) is 19.3 Å². The van der Waals surface area contributed by atoms with Crippen molar-refractivity contribution in [3.8, 4) is 0 Å². The summed E-state index contributed by atoms with van der Waals surface area (Å²) in [6, 6.07) is 5.91. The van der Waals surface area contributed by atoms with E-state index in [0.717, 1.165) is 18.8 Å². The summed E-state index contributed by atoms with van der Waals surface area (Å²) in [5, 5.41) is 3.28. The molecule has 0 spiro atoms. The molecule has 0 saturated heterocycles. The molecular formula is C14H24N2O2. The molecule has 0 aliphatic rings. The smallest absolute Gasteiger partial charge is 0.0707 e. The maximum Gasteiger partial charge on any atom is 0.0707 e.